The monoisotopic (exact) mass is 548 g/mol. The molecule has 0 bridgehead atoms. The molecule has 0 aliphatic heterocycles. The SMILES string of the molecule is [B]c1cccc(Cc2cccc(CC34CCCC3C3CCC5C(CCC6C(C)(C)C(O)CCC56C)C3(C)CC4)c2)c1. The minimum atomic E-state index is -0.123. The Balaban J connectivity index is 1.12. The third-order valence-electron chi connectivity index (χ3n) is 14.6. The Morgan fingerprint density at radius 3 is 2.12 bits per heavy atom. The Labute approximate surface area is 251 Å². The van der Waals surface area contributed by atoms with Crippen molar-refractivity contribution in [1.82, 2.24) is 0 Å². The average Bonchev–Trinajstić information content (AvgIpc) is 3.35. The molecule has 9 atom stereocenters. The lowest BCUT2D eigenvalue weighted by molar-refractivity contribution is -0.205. The maximum Gasteiger partial charge on any atom is 0.113 e. The Bertz CT molecular complexity index is 1280. The van der Waals surface area contributed by atoms with Gasteiger partial charge in [-0.1, -0.05) is 88.1 Å². The van der Waals surface area contributed by atoms with Crippen LogP contribution in [0.5, 0.6) is 0 Å². The lowest BCUT2D eigenvalue weighted by Crippen LogP contribution is -2.62. The normalized spacial score (nSPS) is 43.0. The van der Waals surface area contributed by atoms with Gasteiger partial charge in [-0.05, 0) is 145 Å². The van der Waals surface area contributed by atoms with Crippen LogP contribution in [0.15, 0.2) is 48.5 Å². The van der Waals surface area contributed by atoms with Crippen molar-refractivity contribution in [2.75, 3.05) is 0 Å². The molecule has 0 aromatic heterocycles. The van der Waals surface area contributed by atoms with E-state index in [0.717, 1.165) is 42.0 Å². The Morgan fingerprint density at radius 2 is 1.34 bits per heavy atom. The predicted octanol–water partition coefficient (Wildman–Crippen LogP) is 8.44. The molecule has 2 radical (unpaired) electrons. The van der Waals surface area contributed by atoms with Crippen molar-refractivity contribution in [1.29, 1.82) is 0 Å². The quantitative estimate of drug-likeness (QED) is 0.380. The highest BCUT2D eigenvalue weighted by Gasteiger charge is 2.65. The van der Waals surface area contributed by atoms with Gasteiger partial charge in [-0.15, -0.1) is 0 Å². The van der Waals surface area contributed by atoms with Crippen LogP contribution in [0.3, 0.4) is 0 Å². The number of rotatable bonds is 4. The molecular weight excluding hydrogens is 495 g/mol. The molecular formula is C39H53BO. The van der Waals surface area contributed by atoms with Gasteiger partial charge in [0.05, 0.1) is 6.10 Å². The lowest BCUT2D eigenvalue weighted by atomic mass is 9.37. The summed E-state index contributed by atoms with van der Waals surface area (Å²) in [7, 11) is 6.08. The highest BCUT2D eigenvalue weighted by Crippen LogP contribution is 2.72. The summed E-state index contributed by atoms with van der Waals surface area (Å²) >= 11 is 0. The van der Waals surface area contributed by atoms with Crippen LogP contribution in [0.4, 0.5) is 0 Å². The Morgan fingerprint density at radius 1 is 0.683 bits per heavy atom. The predicted molar refractivity (Wildman–Crippen MR) is 171 cm³/mol. The molecule has 5 fully saturated rings. The summed E-state index contributed by atoms with van der Waals surface area (Å²) in [5, 5.41) is 11.0. The molecule has 1 nitrogen and oxygen atoms in total. The fourth-order valence-electron chi connectivity index (χ4n) is 12.7. The van der Waals surface area contributed by atoms with Gasteiger partial charge in [0.2, 0.25) is 0 Å². The van der Waals surface area contributed by atoms with Gasteiger partial charge in [-0.25, -0.2) is 0 Å². The van der Waals surface area contributed by atoms with Gasteiger partial charge in [-0.2, -0.15) is 0 Å². The maximum atomic E-state index is 11.0. The summed E-state index contributed by atoms with van der Waals surface area (Å²) in [4.78, 5) is 0. The van der Waals surface area contributed by atoms with Crippen molar-refractivity contribution >= 4 is 13.3 Å². The third-order valence-corrected chi connectivity index (χ3v) is 14.6. The molecule has 0 amide bonds. The van der Waals surface area contributed by atoms with E-state index in [1.807, 2.05) is 6.07 Å². The second-order valence-electron chi connectivity index (χ2n) is 16.7. The van der Waals surface area contributed by atoms with Gasteiger partial charge >= 0.3 is 0 Å². The number of benzene rings is 2. The maximum absolute atomic E-state index is 11.0. The van der Waals surface area contributed by atoms with Crippen molar-refractivity contribution in [3.05, 3.63) is 65.2 Å². The van der Waals surface area contributed by atoms with E-state index in [2.05, 4.69) is 70.2 Å². The van der Waals surface area contributed by atoms with E-state index in [1.165, 1.54) is 81.8 Å². The molecule has 9 unspecified atom stereocenters. The third kappa shape index (κ3) is 4.43. The van der Waals surface area contributed by atoms with E-state index < -0.39 is 0 Å². The largest absolute Gasteiger partial charge is 0.393 e. The minimum Gasteiger partial charge on any atom is -0.393 e. The summed E-state index contributed by atoms with van der Waals surface area (Å²) in [5.41, 5.74) is 6.63. The summed E-state index contributed by atoms with van der Waals surface area (Å²) in [5.74, 6) is 4.21. The summed E-state index contributed by atoms with van der Waals surface area (Å²) in [6, 6.07) is 17.9. The molecule has 7 rings (SSSR count). The first-order valence-electron chi connectivity index (χ1n) is 17.2. The highest BCUT2D eigenvalue weighted by atomic mass is 16.3. The van der Waals surface area contributed by atoms with Gasteiger partial charge in [-0.3, -0.25) is 0 Å². The molecule has 41 heavy (non-hydrogen) atoms. The highest BCUT2D eigenvalue weighted by molar-refractivity contribution is 6.32. The number of aliphatic hydroxyl groups is 1. The molecule has 5 aliphatic rings. The molecule has 2 aromatic carbocycles. The first kappa shape index (κ1) is 28.2. The van der Waals surface area contributed by atoms with E-state index in [-0.39, 0.29) is 11.5 Å². The smallest absolute Gasteiger partial charge is 0.113 e. The fourth-order valence-corrected chi connectivity index (χ4v) is 12.7. The zero-order valence-electron chi connectivity index (χ0n) is 26.3. The number of aliphatic hydroxyl groups excluding tert-OH is 1. The van der Waals surface area contributed by atoms with E-state index in [4.69, 9.17) is 7.85 Å². The van der Waals surface area contributed by atoms with Crippen LogP contribution in [-0.4, -0.2) is 19.1 Å². The van der Waals surface area contributed by atoms with E-state index in [0.29, 0.717) is 22.2 Å². The van der Waals surface area contributed by atoms with Gasteiger partial charge in [0.25, 0.3) is 0 Å². The summed E-state index contributed by atoms with van der Waals surface area (Å²) < 4.78 is 0. The molecule has 5 aliphatic carbocycles. The van der Waals surface area contributed by atoms with Crippen molar-refractivity contribution in [3.63, 3.8) is 0 Å². The van der Waals surface area contributed by atoms with Gasteiger partial charge in [0.15, 0.2) is 0 Å². The molecule has 1 N–H and O–H groups in total. The van der Waals surface area contributed by atoms with Crippen LogP contribution in [0, 0.1) is 51.2 Å². The molecule has 0 saturated heterocycles. The van der Waals surface area contributed by atoms with Crippen molar-refractivity contribution < 1.29 is 5.11 Å². The fraction of sp³-hybridized carbons (Fsp3) is 0.692. The number of hydrogen-bond donors (Lipinski definition) is 1. The second-order valence-corrected chi connectivity index (χ2v) is 16.7. The Kier molecular flexibility index (Phi) is 6.89. The van der Waals surface area contributed by atoms with Gasteiger partial charge < -0.3 is 5.11 Å². The topological polar surface area (TPSA) is 20.2 Å². The number of hydrogen-bond acceptors (Lipinski definition) is 1. The van der Waals surface area contributed by atoms with Crippen molar-refractivity contribution in [3.8, 4) is 0 Å². The van der Waals surface area contributed by atoms with Crippen molar-refractivity contribution in [2.45, 2.75) is 117 Å². The van der Waals surface area contributed by atoms with Crippen LogP contribution in [0.2, 0.25) is 0 Å². The van der Waals surface area contributed by atoms with Crippen LogP contribution < -0.4 is 5.46 Å². The molecule has 2 heteroatoms. The minimum absolute atomic E-state index is 0.0601. The molecule has 218 valence electrons. The zero-order valence-corrected chi connectivity index (χ0v) is 26.3. The standard InChI is InChI=1S/C39H53BO/c1-36(2)34-16-15-30-31(38(34,4)19-17-35(36)41)13-14-32-33-12-7-18-39(33,21-20-37(30,32)3)25-28-10-5-8-26(23-28)22-27-9-6-11-29(40)24-27/h5-6,8-11,23-24,30-35,41H,7,12-22,25H2,1-4H3. The Hall–Kier alpha value is -1.54. The van der Waals surface area contributed by atoms with Crippen LogP contribution >= 0.6 is 0 Å². The second kappa shape index (κ2) is 10.0. The lowest BCUT2D eigenvalue weighted by Gasteiger charge is -2.68. The van der Waals surface area contributed by atoms with Gasteiger partial charge in [0, 0.05) is 0 Å². The molecule has 0 spiro atoms. The van der Waals surface area contributed by atoms with Crippen LogP contribution in [0.1, 0.15) is 115 Å². The molecule has 2 aromatic rings. The van der Waals surface area contributed by atoms with E-state index in [1.54, 1.807) is 5.56 Å². The van der Waals surface area contributed by atoms with Crippen molar-refractivity contribution in [2.24, 2.45) is 51.2 Å². The summed E-state index contributed by atoms with van der Waals surface area (Å²) in [6.45, 7) is 10.2. The molecule has 5 saturated carbocycles. The zero-order chi connectivity index (χ0) is 28.6. The number of fused-ring (bicyclic) bond motifs is 7. The first-order valence-corrected chi connectivity index (χ1v) is 17.2. The van der Waals surface area contributed by atoms with E-state index >= 15 is 0 Å². The van der Waals surface area contributed by atoms with Crippen LogP contribution in [0.25, 0.3) is 0 Å². The van der Waals surface area contributed by atoms with Crippen LogP contribution in [-0.2, 0) is 12.8 Å². The van der Waals surface area contributed by atoms with Gasteiger partial charge in [0.1, 0.15) is 7.85 Å². The first-order chi connectivity index (χ1) is 19.6. The average molecular weight is 549 g/mol. The van der Waals surface area contributed by atoms with E-state index in [9.17, 15) is 5.11 Å². The summed E-state index contributed by atoms with van der Waals surface area (Å²) in [6.07, 6.45) is 17.2. The molecule has 0 heterocycles.